The second-order valence-electron chi connectivity index (χ2n) is 3.79. The van der Waals surface area contributed by atoms with Crippen molar-refractivity contribution in [1.82, 2.24) is 0 Å². The number of fused-ring (bicyclic) bond motifs is 2. The molecule has 0 aliphatic rings. The minimum atomic E-state index is 0. The van der Waals surface area contributed by atoms with Crippen LogP contribution in [-0.4, -0.2) is 0 Å². The molecule has 5 heteroatoms. The van der Waals surface area contributed by atoms with Gasteiger partial charge in [-0.05, 0) is 12.1 Å². The quantitative estimate of drug-likeness (QED) is 0.324. The molecule has 3 aromatic rings. The van der Waals surface area contributed by atoms with Crippen molar-refractivity contribution in [2.24, 2.45) is 0 Å². The SMILES string of the molecule is Clc1cc(Cl)c2cc3cccc[n+]3cc2c1Cl.[Br-]. The summed E-state index contributed by atoms with van der Waals surface area (Å²) in [4.78, 5) is 0. The molecule has 0 spiro atoms. The molecule has 0 unspecified atom stereocenters. The first-order valence-electron chi connectivity index (χ1n) is 5.04. The van der Waals surface area contributed by atoms with Crippen LogP contribution < -0.4 is 21.4 Å². The van der Waals surface area contributed by atoms with Crippen LogP contribution in [0, 0.1) is 0 Å². The summed E-state index contributed by atoms with van der Waals surface area (Å²) in [6.45, 7) is 0. The number of nitrogens with zero attached hydrogens (tertiary/aromatic N) is 1. The topological polar surface area (TPSA) is 4.10 Å². The third kappa shape index (κ3) is 2.19. The Morgan fingerprint density at radius 3 is 2.44 bits per heavy atom. The van der Waals surface area contributed by atoms with Gasteiger partial charge in [0.2, 0.25) is 5.52 Å². The van der Waals surface area contributed by atoms with Crippen LogP contribution in [0.1, 0.15) is 0 Å². The third-order valence-electron chi connectivity index (χ3n) is 2.73. The Hall–Kier alpha value is -0.540. The van der Waals surface area contributed by atoms with Crippen molar-refractivity contribution >= 4 is 51.1 Å². The maximum atomic E-state index is 6.19. The van der Waals surface area contributed by atoms with Crippen molar-refractivity contribution in [1.29, 1.82) is 0 Å². The summed E-state index contributed by atoms with van der Waals surface area (Å²) >= 11 is 18.4. The van der Waals surface area contributed by atoms with Crippen molar-refractivity contribution in [3.63, 3.8) is 0 Å². The van der Waals surface area contributed by atoms with Gasteiger partial charge < -0.3 is 17.0 Å². The average molecular weight is 363 g/mol. The Kier molecular flexibility index (Phi) is 4.02. The van der Waals surface area contributed by atoms with E-state index in [0.717, 1.165) is 16.3 Å². The highest BCUT2D eigenvalue weighted by Gasteiger charge is 2.13. The van der Waals surface area contributed by atoms with E-state index in [4.69, 9.17) is 34.8 Å². The Balaban J connectivity index is 0.00000120. The lowest BCUT2D eigenvalue weighted by Crippen LogP contribution is -3.00. The Morgan fingerprint density at radius 2 is 1.67 bits per heavy atom. The fraction of sp³-hybridized carbons (Fsp3) is 0. The highest BCUT2D eigenvalue weighted by Crippen LogP contribution is 2.35. The van der Waals surface area contributed by atoms with Crippen LogP contribution in [0.5, 0.6) is 0 Å². The number of halogens is 4. The maximum Gasteiger partial charge on any atom is 0.211 e. The lowest BCUT2D eigenvalue weighted by molar-refractivity contribution is -0.510. The molecule has 0 saturated carbocycles. The standard InChI is InChI=1S/C13H7Cl3N.BrH/c14-11-6-12(15)13(16)10-7-17-4-2-1-3-8(17)5-9(10)11;/h1-7H;1H/q+1;/p-1. The van der Waals surface area contributed by atoms with Gasteiger partial charge in [0.05, 0.1) is 20.5 Å². The van der Waals surface area contributed by atoms with Gasteiger partial charge in [-0.2, -0.15) is 4.40 Å². The number of pyridine rings is 2. The van der Waals surface area contributed by atoms with Crippen LogP contribution in [0.3, 0.4) is 0 Å². The van der Waals surface area contributed by atoms with Gasteiger partial charge in [0, 0.05) is 23.6 Å². The van der Waals surface area contributed by atoms with E-state index in [9.17, 15) is 0 Å². The van der Waals surface area contributed by atoms with Crippen LogP contribution >= 0.6 is 34.8 Å². The third-order valence-corrected chi connectivity index (χ3v) is 3.85. The number of hydrogen-bond acceptors (Lipinski definition) is 0. The zero-order valence-corrected chi connectivity index (χ0v) is 12.9. The molecule has 0 amide bonds. The molecule has 0 N–H and O–H groups in total. The molecule has 0 saturated heterocycles. The minimum Gasteiger partial charge on any atom is -1.00 e. The van der Waals surface area contributed by atoms with Gasteiger partial charge in [-0.1, -0.05) is 34.8 Å². The molecule has 18 heavy (non-hydrogen) atoms. The van der Waals surface area contributed by atoms with Gasteiger partial charge >= 0.3 is 0 Å². The van der Waals surface area contributed by atoms with Crippen molar-refractivity contribution in [3.8, 4) is 0 Å². The van der Waals surface area contributed by atoms with E-state index in [1.165, 1.54) is 0 Å². The Morgan fingerprint density at radius 1 is 0.889 bits per heavy atom. The lowest BCUT2D eigenvalue weighted by Gasteiger charge is -2.03. The fourth-order valence-electron chi connectivity index (χ4n) is 1.90. The number of aromatic nitrogens is 1. The molecule has 1 aromatic carbocycles. The predicted octanol–water partition coefficient (Wildman–Crippen LogP) is 1.54. The monoisotopic (exact) mass is 361 g/mol. The number of hydrogen-bond donors (Lipinski definition) is 0. The van der Waals surface area contributed by atoms with Crippen LogP contribution in [-0.2, 0) is 0 Å². The summed E-state index contributed by atoms with van der Waals surface area (Å²) in [6, 6.07) is 9.62. The van der Waals surface area contributed by atoms with E-state index in [2.05, 4.69) is 0 Å². The minimum absolute atomic E-state index is 0. The van der Waals surface area contributed by atoms with Gasteiger partial charge in [-0.25, -0.2) is 0 Å². The molecule has 0 bridgehead atoms. The highest BCUT2D eigenvalue weighted by molar-refractivity contribution is 6.47. The van der Waals surface area contributed by atoms with E-state index in [0.29, 0.717) is 15.1 Å². The highest BCUT2D eigenvalue weighted by atomic mass is 79.9. The second kappa shape index (κ2) is 5.22. The van der Waals surface area contributed by atoms with Gasteiger partial charge in [-0.15, -0.1) is 0 Å². The maximum absolute atomic E-state index is 6.19. The summed E-state index contributed by atoms with van der Waals surface area (Å²) in [7, 11) is 0. The normalized spacial score (nSPS) is 10.6. The summed E-state index contributed by atoms with van der Waals surface area (Å²) in [6.07, 6.45) is 3.89. The summed E-state index contributed by atoms with van der Waals surface area (Å²) in [5.74, 6) is 0. The molecule has 1 nitrogen and oxygen atoms in total. The first-order valence-corrected chi connectivity index (χ1v) is 6.17. The molecular formula is C13H7BrCl3N. The van der Waals surface area contributed by atoms with Crippen LogP contribution in [0.25, 0.3) is 16.3 Å². The smallest absolute Gasteiger partial charge is 0.211 e. The lowest BCUT2D eigenvalue weighted by atomic mass is 10.1. The molecular weight excluding hydrogens is 356 g/mol. The summed E-state index contributed by atoms with van der Waals surface area (Å²) in [5.41, 5.74) is 1.06. The van der Waals surface area contributed by atoms with Crippen molar-refractivity contribution in [3.05, 3.63) is 57.8 Å². The van der Waals surface area contributed by atoms with Crippen LogP contribution in [0.15, 0.2) is 42.7 Å². The average Bonchev–Trinajstić information content (AvgIpc) is 2.34. The second-order valence-corrected chi connectivity index (χ2v) is 4.98. The molecule has 0 aliphatic heterocycles. The zero-order valence-electron chi connectivity index (χ0n) is 9.00. The van der Waals surface area contributed by atoms with E-state index >= 15 is 0 Å². The molecule has 2 heterocycles. The predicted molar refractivity (Wildman–Crippen MR) is 72.1 cm³/mol. The number of benzene rings is 1. The van der Waals surface area contributed by atoms with E-state index in [-0.39, 0.29) is 17.0 Å². The Labute approximate surface area is 130 Å². The Bertz CT molecular complexity index is 743. The van der Waals surface area contributed by atoms with E-state index in [1.54, 1.807) is 6.07 Å². The van der Waals surface area contributed by atoms with Crippen LogP contribution in [0.2, 0.25) is 15.1 Å². The molecule has 2 aromatic heterocycles. The van der Waals surface area contributed by atoms with E-state index in [1.807, 2.05) is 41.1 Å². The zero-order chi connectivity index (χ0) is 12.0. The summed E-state index contributed by atoms with van der Waals surface area (Å²) in [5, 5.41) is 3.38. The fourth-order valence-corrected chi connectivity index (χ4v) is 2.63. The van der Waals surface area contributed by atoms with Crippen molar-refractivity contribution < 1.29 is 21.4 Å². The molecule has 92 valence electrons. The van der Waals surface area contributed by atoms with Crippen molar-refractivity contribution in [2.75, 3.05) is 0 Å². The van der Waals surface area contributed by atoms with Crippen molar-refractivity contribution in [2.45, 2.75) is 0 Å². The van der Waals surface area contributed by atoms with Crippen LogP contribution in [0.4, 0.5) is 0 Å². The summed E-state index contributed by atoms with van der Waals surface area (Å²) < 4.78 is 1.99. The molecule has 0 atom stereocenters. The van der Waals surface area contributed by atoms with Gasteiger partial charge in [-0.3, -0.25) is 0 Å². The molecule has 0 aliphatic carbocycles. The molecule has 0 radical (unpaired) electrons. The van der Waals surface area contributed by atoms with Gasteiger partial charge in [0.1, 0.15) is 0 Å². The number of rotatable bonds is 0. The molecule has 0 fully saturated rings. The van der Waals surface area contributed by atoms with Gasteiger partial charge in [0.15, 0.2) is 12.4 Å². The largest absolute Gasteiger partial charge is 1.00 e. The van der Waals surface area contributed by atoms with Gasteiger partial charge in [0.25, 0.3) is 0 Å². The van der Waals surface area contributed by atoms with E-state index < -0.39 is 0 Å². The molecule has 3 rings (SSSR count). The first kappa shape index (κ1) is 13.9. The first-order chi connectivity index (χ1) is 8.16.